The van der Waals surface area contributed by atoms with Crippen LogP contribution in [-0.2, 0) is 5.41 Å². The Morgan fingerprint density at radius 2 is 0.696 bits per heavy atom. The predicted octanol–water partition coefficient (Wildman–Crippen LogP) is 17.2. The molecule has 0 atom stereocenters. The van der Waals surface area contributed by atoms with Crippen LogP contribution in [0.4, 0.5) is 0 Å². The van der Waals surface area contributed by atoms with Crippen LogP contribution in [0.3, 0.4) is 0 Å². The van der Waals surface area contributed by atoms with E-state index in [9.17, 15) is 0 Å². The van der Waals surface area contributed by atoms with Gasteiger partial charge in [0.15, 0.2) is 0 Å². The van der Waals surface area contributed by atoms with Gasteiger partial charge in [-0.2, -0.15) is 0 Å². The molecule has 2 aliphatic carbocycles. The maximum absolute atomic E-state index is 2.53. The van der Waals surface area contributed by atoms with Gasteiger partial charge in [0.2, 0.25) is 0 Å². The summed E-state index contributed by atoms with van der Waals surface area (Å²) in [6.45, 7) is 0. The molecule has 13 aromatic rings. The first-order valence-electron chi connectivity index (χ1n) is 24.0. The summed E-state index contributed by atoms with van der Waals surface area (Å²) in [6, 6.07) is 94.7. The van der Waals surface area contributed by atoms with Gasteiger partial charge in [-0.25, -0.2) is 0 Å². The number of hydrogen-bond donors (Lipinski definition) is 0. The summed E-state index contributed by atoms with van der Waals surface area (Å²) < 4.78 is 5.00. The smallest absolute Gasteiger partial charge is 0.0726 e. The van der Waals surface area contributed by atoms with Crippen LogP contribution in [-0.4, -0.2) is 9.13 Å². The first-order chi connectivity index (χ1) is 34.3. The van der Waals surface area contributed by atoms with Crippen molar-refractivity contribution in [3.8, 4) is 67.0 Å². The van der Waals surface area contributed by atoms with E-state index in [1.54, 1.807) is 0 Å². The van der Waals surface area contributed by atoms with Crippen molar-refractivity contribution in [2.75, 3.05) is 0 Å². The standard InChI is InChI=1S/C67H42N2/c1-5-19-43(20-6-1)47-41-54(44-21-7-2-8-22-44)65-57(42-47)56-40-46(34-38-63(56)68(65)48-23-9-3-10-24-48)45-33-37-62-55(39-45)52-35-36-61-64(66(52)69(62)49-25-11-4-12-26-49)53-29-15-18-32-60(53)67(61)58-30-16-13-27-50(58)51-28-14-17-31-59(51)67/h1-42H. The van der Waals surface area contributed by atoms with Crippen LogP contribution >= 0.6 is 0 Å². The van der Waals surface area contributed by atoms with E-state index in [2.05, 4.69) is 264 Å². The highest BCUT2D eigenvalue weighted by Crippen LogP contribution is 2.64. The number of aromatic nitrogens is 2. The molecule has 2 heterocycles. The van der Waals surface area contributed by atoms with Crippen molar-refractivity contribution in [1.29, 1.82) is 0 Å². The normalized spacial score (nSPS) is 13.0. The molecule has 2 aromatic heterocycles. The fraction of sp³-hybridized carbons (Fsp3) is 0.0149. The van der Waals surface area contributed by atoms with Gasteiger partial charge >= 0.3 is 0 Å². The molecule has 1 spiro atoms. The van der Waals surface area contributed by atoms with Crippen LogP contribution in [0.1, 0.15) is 22.3 Å². The molecule has 0 amide bonds. The van der Waals surface area contributed by atoms with Crippen LogP contribution < -0.4 is 0 Å². The molecule has 69 heavy (non-hydrogen) atoms. The van der Waals surface area contributed by atoms with Crippen LogP contribution in [0.15, 0.2) is 255 Å². The first kappa shape index (κ1) is 38.2. The molecule has 0 aliphatic heterocycles. The van der Waals surface area contributed by atoms with Gasteiger partial charge in [0.1, 0.15) is 0 Å². The summed E-state index contributed by atoms with van der Waals surface area (Å²) >= 11 is 0. The SMILES string of the molecule is c1ccc(-c2cc(-c3ccccc3)c3c(c2)c2cc(-c4ccc5c(c4)c4ccc6c(c4n5-c4ccccc4)-c4ccccc4C64c5ccccc5-c5ccccc54)ccc2n3-c2ccccc2)cc1. The van der Waals surface area contributed by atoms with Crippen molar-refractivity contribution in [2.45, 2.75) is 5.41 Å². The molecular formula is C67H42N2. The number of benzene rings is 11. The van der Waals surface area contributed by atoms with E-state index in [1.807, 2.05) is 0 Å². The third-order valence-electron chi connectivity index (χ3n) is 15.3. The average Bonchev–Trinajstić information content (AvgIpc) is 4.13. The monoisotopic (exact) mass is 874 g/mol. The minimum Gasteiger partial charge on any atom is -0.309 e. The minimum absolute atomic E-state index is 0.425. The number of fused-ring (bicyclic) bond motifs is 17. The van der Waals surface area contributed by atoms with Gasteiger partial charge in [0, 0.05) is 44.0 Å². The molecule has 15 rings (SSSR count). The van der Waals surface area contributed by atoms with E-state index in [-0.39, 0.29) is 0 Å². The second kappa shape index (κ2) is 14.5. The maximum Gasteiger partial charge on any atom is 0.0726 e. The van der Waals surface area contributed by atoms with Gasteiger partial charge in [-0.15, -0.1) is 0 Å². The molecule has 0 bridgehead atoms. The maximum atomic E-state index is 2.53. The Labute approximate surface area is 400 Å². The predicted molar refractivity (Wildman–Crippen MR) is 288 cm³/mol. The largest absolute Gasteiger partial charge is 0.309 e. The molecule has 0 unspecified atom stereocenters. The summed E-state index contributed by atoms with van der Waals surface area (Å²) in [6.07, 6.45) is 0. The van der Waals surface area contributed by atoms with Crippen molar-refractivity contribution in [3.05, 3.63) is 277 Å². The second-order valence-corrected chi connectivity index (χ2v) is 18.7. The number of nitrogens with zero attached hydrogens (tertiary/aromatic N) is 2. The molecule has 0 radical (unpaired) electrons. The Hall–Kier alpha value is -8.98. The van der Waals surface area contributed by atoms with E-state index < -0.39 is 5.41 Å². The Morgan fingerprint density at radius 3 is 1.28 bits per heavy atom. The van der Waals surface area contributed by atoms with Crippen molar-refractivity contribution in [3.63, 3.8) is 0 Å². The molecule has 11 aromatic carbocycles. The summed E-state index contributed by atoms with van der Waals surface area (Å²) in [5.41, 5.74) is 24.6. The quantitative estimate of drug-likeness (QED) is 0.163. The lowest BCUT2D eigenvalue weighted by molar-refractivity contribution is 0.794. The molecule has 0 saturated heterocycles. The molecular weight excluding hydrogens is 833 g/mol. The molecule has 2 nitrogen and oxygen atoms in total. The molecule has 0 saturated carbocycles. The van der Waals surface area contributed by atoms with Gasteiger partial charge in [0.05, 0.1) is 27.5 Å². The summed E-state index contributed by atoms with van der Waals surface area (Å²) in [7, 11) is 0. The lowest BCUT2D eigenvalue weighted by Crippen LogP contribution is -2.25. The van der Waals surface area contributed by atoms with E-state index in [0.717, 1.165) is 11.4 Å². The zero-order valence-corrected chi connectivity index (χ0v) is 37.6. The van der Waals surface area contributed by atoms with Gasteiger partial charge in [-0.1, -0.05) is 194 Å². The Balaban J connectivity index is 1.00. The number of rotatable bonds is 5. The van der Waals surface area contributed by atoms with Crippen LogP contribution in [0.2, 0.25) is 0 Å². The summed E-state index contributed by atoms with van der Waals surface area (Å²) in [5, 5.41) is 4.95. The van der Waals surface area contributed by atoms with Crippen molar-refractivity contribution in [2.24, 2.45) is 0 Å². The van der Waals surface area contributed by atoms with Crippen molar-refractivity contribution in [1.82, 2.24) is 9.13 Å². The third-order valence-corrected chi connectivity index (χ3v) is 15.3. The van der Waals surface area contributed by atoms with Gasteiger partial charge in [-0.3, -0.25) is 0 Å². The van der Waals surface area contributed by atoms with Crippen LogP contribution in [0.25, 0.3) is 111 Å². The third kappa shape index (κ3) is 5.26. The topological polar surface area (TPSA) is 9.86 Å². The van der Waals surface area contributed by atoms with Gasteiger partial charge < -0.3 is 9.13 Å². The van der Waals surface area contributed by atoms with Gasteiger partial charge in [-0.05, 0) is 127 Å². The highest BCUT2D eigenvalue weighted by atomic mass is 15.0. The van der Waals surface area contributed by atoms with E-state index in [4.69, 9.17) is 0 Å². The average molecular weight is 875 g/mol. The van der Waals surface area contributed by atoms with Crippen molar-refractivity contribution >= 4 is 43.6 Å². The zero-order chi connectivity index (χ0) is 45.2. The van der Waals surface area contributed by atoms with E-state index >= 15 is 0 Å². The molecule has 0 fully saturated rings. The molecule has 320 valence electrons. The lowest BCUT2D eigenvalue weighted by atomic mass is 9.70. The highest BCUT2D eigenvalue weighted by molar-refractivity contribution is 6.19. The summed E-state index contributed by atoms with van der Waals surface area (Å²) in [5.74, 6) is 0. The minimum atomic E-state index is -0.425. The lowest BCUT2D eigenvalue weighted by Gasteiger charge is -2.30. The summed E-state index contributed by atoms with van der Waals surface area (Å²) in [4.78, 5) is 0. The molecule has 0 N–H and O–H groups in total. The van der Waals surface area contributed by atoms with Gasteiger partial charge in [0.25, 0.3) is 0 Å². The van der Waals surface area contributed by atoms with Crippen LogP contribution in [0.5, 0.6) is 0 Å². The fourth-order valence-electron chi connectivity index (χ4n) is 12.5. The zero-order valence-electron chi connectivity index (χ0n) is 37.6. The van der Waals surface area contributed by atoms with Crippen LogP contribution in [0, 0.1) is 0 Å². The first-order valence-corrected chi connectivity index (χ1v) is 24.0. The van der Waals surface area contributed by atoms with E-state index in [1.165, 1.54) is 122 Å². The Bertz CT molecular complexity index is 4170. The fourth-order valence-corrected chi connectivity index (χ4v) is 12.5. The second-order valence-electron chi connectivity index (χ2n) is 18.7. The molecule has 2 aliphatic rings. The van der Waals surface area contributed by atoms with Crippen molar-refractivity contribution < 1.29 is 0 Å². The number of hydrogen-bond acceptors (Lipinski definition) is 0. The van der Waals surface area contributed by atoms with E-state index in [0.29, 0.717) is 0 Å². The molecule has 2 heteroatoms. The number of para-hydroxylation sites is 2. The Morgan fingerprint density at radius 1 is 0.246 bits per heavy atom. The Kier molecular flexibility index (Phi) is 8.02. The highest BCUT2D eigenvalue weighted by Gasteiger charge is 2.52.